The van der Waals surface area contributed by atoms with Crippen molar-refractivity contribution in [1.82, 2.24) is 4.90 Å². The molecule has 1 fully saturated rings. The second-order valence-electron chi connectivity index (χ2n) is 6.11. The summed E-state index contributed by atoms with van der Waals surface area (Å²) in [5, 5.41) is 0. The molecule has 0 unspecified atom stereocenters. The van der Waals surface area contributed by atoms with E-state index in [1.165, 1.54) is 6.08 Å². The highest BCUT2D eigenvalue weighted by atomic mass is 16.7. The lowest BCUT2D eigenvalue weighted by molar-refractivity contribution is -0.125. The smallest absolute Gasteiger partial charge is 0.400 e. The van der Waals surface area contributed by atoms with Crippen molar-refractivity contribution in [2.75, 3.05) is 13.1 Å². The van der Waals surface area contributed by atoms with Crippen LogP contribution in [-0.2, 0) is 14.1 Å². The molecule has 2 aliphatic rings. The zero-order valence-corrected chi connectivity index (χ0v) is 12.2. The van der Waals surface area contributed by atoms with E-state index in [1.54, 1.807) is 4.90 Å². The minimum absolute atomic E-state index is 0.0239. The molecule has 0 N–H and O–H groups in total. The Kier molecular flexibility index (Phi) is 3.62. The highest BCUT2D eigenvalue weighted by Crippen LogP contribution is 2.39. The van der Waals surface area contributed by atoms with Crippen LogP contribution in [0.3, 0.4) is 0 Å². The van der Waals surface area contributed by atoms with E-state index in [-0.39, 0.29) is 24.2 Å². The van der Waals surface area contributed by atoms with Gasteiger partial charge >= 0.3 is 7.12 Å². The molecule has 0 aromatic carbocycles. The molecule has 19 heavy (non-hydrogen) atoms. The molecule has 0 saturated carbocycles. The third-order valence-corrected chi connectivity index (χ3v) is 4.29. The summed E-state index contributed by atoms with van der Waals surface area (Å²) in [7, 11) is -0.286. The minimum atomic E-state index is -0.313. The van der Waals surface area contributed by atoms with E-state index in [4.69, 9.17) is 9.31 Å². The quantitative estimate of drug-likeness (QED) is 0.564. The Balaban J connectivity index is 2.04. The fraction of sp³-hybridized carbons (Fsp3) is 0.643. The molecule has 2 rings (SSSR count). The summed E-state index contributed by atoms with van der Waals surface area (Å²) in [6.07, 6.45) is 4.18. The number of hydrogen-bond donors (Lipinski definition) is 0. The van der Waals surface area contributed by atoms with Crippen LogP contribution in [0.15, 0.2) is 24.2 Å². The van der Waals surface area contributed by atoms with Crippen molar-refractivity contribution in [3.8, 4) is 0 Å². The van der Waals surface area contributed by atoms with Crippen molar-refractivity contribution >= 4 is 13.0 Å². The van der Waals surface area contributed by atoms with Crippen LogP contribution in [-0.4, -0.2) is 42.2 Å². The summed E-state index contributed by atoms with van der Waals surface area (Å²) in [4.78, 5) is 13.3. The van der Waals surface area contributed by atoms with E-state index in [1.807, 2.05) is 33.8 Å². The van der Waals surface area contributed by atoms with E-state index < -0.39 is 0 Å². The van der Waals surface area contributed by atoms with Gasteiger partial charge in [0.25, 0.3) is 0 Å². The molecular formula is C14H22BNO3. The van der Waals surface area contributed by atoms with Gasteiger partial charge in [-0.2, -0.15) is 0 Å². The first-order valence-electron chi connectivity index (χ1n) is 6.73. The number of amides is 1. The Labute approximate surface area is 115 Å². The van der Waals surface area contributed by atoms with Gasteiger partial charge in [-0.3, -0.25) is 4.79 Å². The lowest BCUT2D eigenvalue weighted by Gasteiger charge is -2.32. The second-order valence-corrected chi connectivity index (χ2v) is 6.11. The fourth-order valence-electron chi connectivity index (χ4n) is 2.22. The predicted molar refractivity (Wildman–Crippen MR) is 75.6 cm³/mol. The highest BCUT2D eigenvalue weighted by molar-refractivity contribution is 6.54. The van der Waals surface area contributed by atoms with Crippen LogP contribution in [0, 0.1) is 0 Å². The summed E-state index contributed by atoms with van der Waals surface area (Å²) in [6.45, 7) is 13.0. The fourth-order valence-corrected chi connectivity index (χ4v) is 2.22. The van der Waals surface area contributed by atoms with Crippen molar-refractivity contribution < 1.29 is 14.1 Å². The van der Waals surface area contributed by atoms with E-state index in [0.717, 1.165) is 11.9 Å². The van der Waals surface area contributed by atoms with Crippen molar-refractivity contribution in [2.24, 2.45) is 0 Å². The maximum Gasteiger partial charge on any atom is 0.490 e. The van der Waals surface area contributed by atoms with Gasteiger partial charge in [-0.25, -0.2) is 0 Å². The van der Waals surface area contributed by atoms with E-state index in [2.05, 4.69) is 6.58 Å². The first-order chi connectivity index (χ1) is 8.77. The molecule has 0 radical (unpaired) electrons. The topological polar surface area (TPSA) is 38.8 Å². The van der Waals surface area contributed by atoms with Crippen LogP contribution in [0.25, 0.3) is 0 Å². The lowest BCUT2D eigenvalue weighted by atomic mass is 9.75. The highest BCUT2D eigenvalue weighted by Gasteiger charge is 2.52. The number of carbonyl (C=O) groups excluding carboxylic acids is 1. The van der Waals surface area contributed by atoms with Crippen LogP contribution >= 0.6 is 0 Å². The average molecular weight is 263 g/mol. The molecule has 0 aromatic rings. The molecule has 4 nitrogen and oxygen atoms in total. The van der Waals surface area contributed by atoms with Crippen molar-refractivity contribution in [3.63, 3.8) is 0 Å². The molecule has 2 aliphatic heterocycles. The summed E-state index contributed by atoms with van der Waals surface area (Å²) in [6, 6.07) is 0. The zero-order valence-electron chi connectivity index (χ0n) is 12.2. The number of nitrogens with zero attached hydrogens (tertiary/aromatic N) is 1. The Bertz CT molecular complexity index is 412. The Morgan fingerprint density at radius 1 is 1.37 bits per heavy atom. The summed E-state index contributed by atoms with van der Waals surface area (Å²) in [5.41, 5.74) is 0.505. The predicted octanol–water partition coefficient (Wildman–Crippen LogP) is 1.96. The van der Waals surface area contributed by atoms with Crippen LogP contribution in [0.5, 0.6) is 0 Å². The Hall–Kier alpha value is -1.07. The van der Waals surface area contributed by atoms with Crippen LogP contribution in [0.4, 0.5) is 0 Å². The SMILES string of the molecule is C=CC(=O)N1CC=C(B2OC(C)(C)C(C)(C)O2)CC1. The van der Waals surface area contributed by atoms with Gasteiger partial charge in [-0.05, 0) is 45.7 Å². The molecular weight excluding hydrogens is 241 g/mol. The molecule has 0 spiro atoms. The maximum atomic E-state index is 11.5. The van der Waals surface area contributed by atoms with Gasteiger partial charge in [0.1, 0.15) is 0 Å². The third kappa shape index (κ3) is 2.62. The van der Waals surface area contributed by atoms with Crippen molar-refractivity contribution in [3.05, 3.63) is 24.2 Å². The molecule has 104 valence electrons. The van der Waals surface area contributed by atoms with Crippen LogP contribution in [0.1, 0.15) is 34.1 Å². The molecule has 0 bridgehead atoms. The Morgan fingerprint density at radius 2 is 1.95 bits per heavy atom. The summed E-state index contributed by atoms with van der Waals surface area (Å²) >= 11 is 0. The second kappa shape index (κ2) is 4.80. The summed E-state index contributed by atoms with van der Waals surface area (Å²) in [5.74, 6) is -0.0239. The minimum Gasteiger partial charge on any atom is -0.400 e. The van der Waals surface area contributed by atoms with Gasteiger partial charge in [0.15, 0.2) is 0 Å². The van der Waals surface area contributed by atoms with Crippen molar-refractivity contribution in [1.29, 1.82) is 0 Å². The zero-order chi connectivity index (χ0) is 14.3. The number of rotatable bonds is 2. The molecule has 5 heteroatoms. The number of carbonyl (C=O) groups is 1. The first-order valence-corrected chi connectivity index (χ1v) is 6.73. The van der Waals surface area contributed by atoms with Gasteiger partial charge in [-0.15, -0.1) is 0 Å². The van der Waals surface area contributed by atoms with Gasteiger partial charge < -0.3 is 14.2 Å². The summed E-state index contributed by atoms with van der Waals surface area (Å²) < 4.78 is 12.0. The lowest BCUT2D eigenvalue weighted by Crippen LogP contribution is -2.41. The monoisotopic (exact) mass is 263 g/mol. The third-order valence-electron chi connectivity index (χ3n) is 4.29. The van der Waals surface area contributed by atoms with E-state index >= 15 is 0 Å². The van der Waals surface area contributed by atoms with Gasteiger partial charge in [0.05, 0.1) is 11.2 Å². The molecule has 1 amide bonds. The van der Waals surface area contributed by atoms with Crippen molar-refractivity contribution in [2.45, 2.75) is 45.3 Å². The molecule has 0 aromatic heterocycles. The van der Waals surface area contributed by atoms with Gasteiger partial charge in [0, 0.05) is 13.1 Å². The van der Waals surface area contributed by atoms with Crippen LogP contribution in [0.2, 0.25) is 0 Å². The first kappa shape index (κ1) is 14.3. The van der Waals surface area contributed by atoms with E-state index in [9.17, 15) is 4.79 Å². The standard InChI is InChI=1S/C14H22BNO3/c1-6-12(17)16-9-7-11(8-10-16)15-18-13(2,3)14(4,5)19-15/h6-7H,1,8-10H2,2-5H3. The van der Waals surface area contributed by atoms with Gasteiger partial charge in [-0.1, -0.05) is 12.7 Å². The average Bonchev–Trinajstić information content (AvgIpc) is 2.58. The molecule has 2 heterocycles. The Morgan fingerprint density at radius 3 is 2.37 bits per heavy atom. The number of hydrogen-bond acceptors (Lipinski definition) is 3. The van der Waals surface area contributed by atoms with Crippen LogP contribution < -0.4 is 0 Å². The van der Waals surface area contributed by atoms with E-state index in [0.29, 0.717) is 13.1 Å². The molecule has 0 aliphatic carbocycles. The van der Waals surface area contributed by atoms with Gasteiger partial charge in [0.2, 0.25) is 5.91 Å². The largest absolute Gasteiger partial charge is 0.490 e. The normalized spacial score (nSPS) is 25.2. The maximum absolute atomic E-state index is 11.5. The molecule has 0 atom stereocenters. The molecule has 1 saturated heterocycles.